The summed E-state index contributed by atoms with van der Waals surface area (Å²) in [5.74, 6) is 2.24. The fourth-order valence-electron chi connectivity index (χ4n) is 1.95. The van der Waals surface area contributed by atoms with E-state index in [1.54, 1.807) is 23.0 Å². The van der Waals surface area contributed by atoms with Gasteiger partial charge < -0.3 is 4.90 Å². The van der Waals surface area contributed by atoms with Gasteiger partial charge in [0.1, 0.15) is 6.33 Å². The summed E-state index contributed by atoms with van der Waals surface area (Å²) >= 11 is 1.91. The Morgan fingerprint density at radius 2 is 2.30 bits per heavy atom. The highest BCUT2D eigenvalue weighted by molar-refractivity contribution is 7.99. The summed E-state index contributed by atoms with van der Waals surface area (Å²) in [4.78, 5) is 14.3. The van der Waals surface area contributed by atoms with Gasteiger partial charge in [0, 0.05) is 19.3 Å². The normalized spacial score (nSPS) is 12.6. The van der Waals surface area contributed by atoms with E-state index in [0.717, 1.165) is 23.6 Å². The molecule has 0 aliphatic carbocycles. The Hall–Kier alpha value is -1.56. The van der Waals surface area contributed by atoms with Gasteiger partial charge in [-0.05, 0) is 37.0 Å². The Morgan fingerprint density at radius 1 is 1.50 bits per heavy atom. The van der Waals surface area contributed by atoms with Crippen molar-refractivity contribution in [2.75, 3.05) is 18.6 Å². The molecule has 1 atom stereocenters. The van der Waals surface area contributed by atoms with Gasteiger partial charge >= 0.3 is 0 Å². The van der Waals surface area contributed by atoms with Crippen molar-refractivity contribution < 1.29 is 4.79 Å². The molecule has 0 radical (unpaired) electrons. The zero-order chi connectivity index (χ0) is 14.5. The highest BCUT2D eigenvalue weighted by Gasteiger charge is 2.17. The maximum Gasteiger partial charge on any atom is 0.255 e. The molecule has 0 spiro atoms. The van der Waals surface area contributed by atoms with E-state index in [1.807, 2.05) is 29.8 Å². The molecule has 2 aromatic heterocycles. The maximum atomic E-state index is 12.4. The molecule has 0 aliphatic heterocycles. The topological polar surface area (TPSA) is 50.5 Å². The lowest BCUT2D eigenvalue weighted by molar-refractivity contribution is 0.0741. The van der Waals surface area contributed by atoms with E-state index in [4.69, 9.17) is 0 Å². The van der Waals surface area contributed by atoms with E-state index < -0.39 is 0 Å². The molecule has 6 heteroatoms. The molecule has 0 aliphatic rings. The summed E-state index contributed by atoms with van der Waals surface area (Å²) in [6.45, 7) is 4.24. The van der Waals surface area contributed by atoms with Crippen LogP contribution in [0.15, 0.2) is 24.7 Å². The molecular weight excluding hydrogens is 272 g/mol. The van der Waals surface area contributed by atoms with Crippen LogP contribution in [0.2, 0.25) is 0 Å². The van der Waals surface area contributed by atoms with Crippen LogP contribution in [-0.2, 0) is 0 Å². The lowest BCUT2D eigenvalue weighted by Gasteiger charge is -2.25. The van der Waals surface area contributed by atoms with Crippen molar-refractivity contribution in [1.29, 1.82) is 0 Å². The van der Waals surface area contributed by atoms with Crippen LogP contribution in [0.5, 0.6) is 0 Å². The molecule has 0 unspecified atom stereocenters. The predicted molar refractivity (Wildman–Crippen MR) is 82.2 cm³/mol. The number of amides is 1. The van der Waals surface area contributed by atoms with Crippen molar-refractivity contribution in [2.45, 2.75) is 26.3 Å². The molecule has 5 nitrogen and oxygen atoms in total. The lowest BCUT2D eigenvalue weighted by Crippen LogP contribution is -2.35. The number of aromatic nitrogens is 3. The number of fused-ring (bicyclic) bond motifs is 1. The summed E-state index contributed by atoms with van der Waals surface area (Å²) in [7, 11) is 1.86. The summed E-state index contributed by atoms with van der Waals surface area (Å²) in [6, 6.07) is 3.85. The van der Waals surface area contributed by atoms with Gasteiger partial charge in [-0.3, -0.25) is 9.20 Å². The first kappa shape index (κ1) is 14.8. The van der Waals surface area contributed by atoms with E-state index in [2.05, 4.69) is 24.0 Å². The fraction of sp³-hybridized carbons (Fsp3) is 0.500. The van der Waals surface area contributed by atoms with E-state index >= 15 is 0 Å². The van der Waals surface area contributed by atoms with Gasteiger partial charge in [-0.25, -0.2) is 0 Å². The van der Waals surface area contributed by atoms with Gasteiger partial charge in [0.25, 0.3) is 5.91 Å². The number of nitrogens with zero attached hydrogens (tertiary/aromatic N) is 4. The first-order valence-corrected chi connectivity index (χ1v) is 7.93. The zero-order valence-corrected chi connectivity index (χ0v) is 12.9. The number of hydrogen-bond acceptors (Lipinski definition) is 4. The minimum atomic E-state index is 0.0367. The predicted octanol–water partition coefficient (Wildman–Crippen LogP) is 2.33. The van der Waals surface area contributed by atoms with Crippen molar-refractivity contribution in [1.82, 2.24) is 19.5 Å². The average molecular weight is 292 g/mol. The summed E-state index contributed by atoms with van der Waals surface area (Å²) in [5.41, 5.74) is 1.41. The van der Waals surface area contributed by atoms with Crippen LogP contribution < -0.4 is 0 Å². The standard InChI is InChI=1S/C14H20N4OS/c1-4-20-8-7-11(2)17(3)14(19)12-5-6-13-16-15-10-18(13)9-12/h5-6,9-11H,4,7-8H2,1-3H3/t11-/m1/s1. The molecule has 108 valence electrons. The molecule has 2 rings (SSSR count). The SMILES string of the molecule is CCSCC[C@@H](C)N(C)C(=O)c1ccc2nncn2c1. The van der Waals surface area contributed by atoms with Crippen LogP contribution in [0, 0.1) is 0 Å². The van der Waals surface area contributed by atoms with Crippen LogP contribution in [0.3, 0.4) is 0 Å². The molecule has 0 N–H and O–H groups in total. The largest absolute Gasteiger partial charge is 0.339 e. The number of carbonyl (C=O) groups excluding carboxylic acids is 1. The Kier molecular flexibility index (Phi) is 5.00. The molecular formula is C14H20N4OS. The monoisotopic (exact) mass is 292 g/mol. The van der Waals surface area contributed by atoms with Crippen LogP contribution >= 0.6 is 11.8 Å². The van der Waals surface area contributed by atoms with Crippen LogP contribution in [0.4, 0.5) is 0 Å². The average Bonchev–Trinajstić information content (AvgIpc) is 2.93. The Labute approximate surface area is 123 Å². The van der Waals surface area contributed by atoms with Crippen molar-refractivity contribution in [3.8, 4) is 0 Å². The molecule has 0 fully saturated rings. The van der Waals surface area contributed by atoms with E-state index in [0.29, 0.717) is 5.56 Å². The Morgan fingerprint density at radius 3 is 3.05 bits per heavy atom. The van der Waals surface area contributed by atoms with Gasteiger partial charge in [-0.1, -0.05) is 6.92 Å². The van der Waals surface area contributed by atoms with Crippen molar-refractivity contribution in [3.05, 3.63) is 30.2 Å². The van der Waals surface area contributed by atoms with Gasteiger partial charge in [0.2, 0.25) is 0 Å². The Balaban J connectivity index is 2.05. The van der Waals surface area contributed by atoms with E-state index in [9.17, 15) is 4.79 Å². The minimum Gasteiger partial charge on any atom is -0.339 e. The summed E-state index contributed by atoms with van der Waals surface area (Å²) in [6.07, 6.45) is 4.39. The van der Waals surface area contributed by atoms with Crippen LogP contribution in [0.25, 0.3) is 5.65 Å². The molecule has 1 amide bonds. The summed E-state index contributed by atoms with van der Waals surface area (Å²) < 4.78 is 1.76. The van der Waals surface area contributed by atoms with Crippen LogP contribution in [-0.4, -0.2) is 50.0 Å². The third kappa shape index (κ3) is 3.30. The molecule has 0 saturated heterocycles. The number of carbonyl (C=O) groups is 1. The quantitative estimate of drug-likeness (QED) is 0.767. The van der Waals surface area contributed by atoms with E-state index in [-0.39, 0.29) is 11.9 Å². The third-order valence-electron chi connectivity index (χ3n) is 3.40. The van der Waals surface area contributed by atoms with Crippen molar-refractivity contribution >= 4 is 23.3 Å². The second-order valence-electron chi connectivity index (χ2n) is 4.76. The second kappa shape index (κ2) is 6.74. The third-order valence-corrected chi connectivity index (χ3v) is 4.34. The second-order valence-corrected chi connectivity index (χ2v) is 6.16. The van der Waals surface area contributed by atoms with Gasteiger partial charge in [-0.2, -0.15) is 11.8 Å². The molecule has 0 bridgehead atoms. The first-order chi connectivity index (χ1) is 9.63. The maximum absolute atomic E-state index is 12.4. The zero-order valence-electron chi connectivity index (χ0n) is 12.1. The molecule has 2 aromatic rings. The van der Waals surface area contributed by atoms with Crippen LogP contribution in [0.1, 0.15) is 30.6 Å². The number of rotatable bonds is 6. The Bertz CT molecular complexity index is 583. The molecule has 20 heavy (non-hydrogen) atoms. The van der Waals surface area contributed by atoms with Crippen molar-refractivity contribution in [2.24, 2.45) is 0 Å². The first-order valence-electron chi connectivity index (χ1n) is 6.77. The smallest absolute Gasteiger partial charge is 0.255 e. The molecule has 0 saturated carbocycles. The number of pyridine rings is 1. The van der Waals surface area contributed by atoms with Gasteiger partial charge in [0.15, 0.2) is 5.65 Å². The fourth-order valence-corrected chi connectivity index (χ4v) is 2.75. The van der Waals surface area contributed by atoms with Crippen molar-refractivity contribution in [3.63, 3.8) is 0 Å². The highest BCUT2D eigenvalue weighted by atomic mass is 32.2. The molecule has 0 aromatic carbocycles. The molecule has 2 heterocycles. The summed E-state index contributed by atoms with van der Waals surface area (Å²) in [5, 5.41) is 7.75. The number of hydrogen-bond donors (Lipinski definition) is 0. The highest BCUT2D eigenvalue weighted by Crippen LogP contribution is 2.12. The van der Waals surface area contributed by atoms with Gasteiger partial charge in [0.05, 0.1) is 5.56 Å². The van der Waals surface area contributed by atoms with E-state index in [1.165, 1.54) is 0 Å². The van der Waals surface area contributed by atoms with Gasteiger partial charge in [-0.15, -0.1) is 10.2 Å². The number of thioether (sulfide) groups is 1. The minimum absolute atomic E-state index is 0.0367. The lowest BCUT2D eigenvalue weighted by atomic mass is 10.2.